The van der Waals surface area contributed by atoms with Crippen molar-refractivity contribution in [2.45, 2.75) is 46.1 Å². The largest absolute Gasteiger partial charge is 0.349 e. The number of hydrogen-bond donors (Lipinski definition) is 1. The fourth-order valence-corrected chi connectivity index (χ4v) is 1.68. The molecule has 14 heavy (non-hydrogen) atoms. The lowest BCUT2D eigenvalue weighted by Crippen LogP contribution is -2.39. The van der Waals surface area contributed by atoms with Gasteiger partial charge in [-0.3, -0.25) is 4.79 Å². The van der Waals surface area contributed by atoms with Crippen molar-refractivity contribution in [3.8, 4) is 0 Å². The third-order valence-electron chi connectivity index (χ3n) is 2.69. The monoisotopic (exact) mass is 195 g/mol. The number of nitrogens with one attached hydrogen (secondary N) is 1. The molecule has 0 unspecified atom stereocenters. The summed E-state index contributed by atoms with van der Waals surface area (Å²) in [5, 5.41) is 3.05. The maximum Gasteiger partial charge on any atom is 0.220 e. The molecule has 0 aromatic heterocycles. The molecule has 0 saturated heterocycles. The fraction of sp³-hybridized carbons (Fsp3) is 0.750. The molecule has 2 nitrogen and oxygen atoms in total. The van der Waals surface area contributed by atoms with Crippen LogP contribution >= 0.6 is 0 Å². The topological polar surface area (TPSA) is 29.1 Å². The third kappa shape index (κ3) is 3.52. The van der Waals surface area contributed by atoms with Crippen LogP contribution in [0.3, 0.4) is 0 Å². The van der Waals surface area contributed by atoms with Crippen molar-refractivity contribution < 1.29 is 4.79 Å². The van der Waals surface area contributed by atoms with Gasteiger partial charge >= 0.3 is 0 Å². The Morgan fingerprint density at radius 1 is 1.50 bits per heavy atom. The summed E-state index contributed by atoms with van der Waals surface area (Å²) in [6, 6.07) is 0.140. The summed E-state index contributed by atoms with van der Waals surface area (Å²) in [4.78, 5) is 11.6. The van der Waals surface area contributed by atoms with Crippen LogP contribution in [0, 0.1) is 11.8 Å². The van der Waals surface area contributed by atoms with E-state index in [1.54, 1.807) is 0 Å². The van der Waals surface area contributed by atoms with Crippen LogP contribution in [-0.4, -0.2) is 11.9 Å². The van der Waals surface area contributed by atoms with Crippen molar-refractivity contribution in [3.63, 3.8) is 0 Å². The molecule has 0 aromatic carbocycles. The molecule has 0 spiro atoms. The van der Waals surface area contributed by atoms with Crippen molar-refractivity contribution in [3.05, 3.63) is 12.2 Å². The van der Waals surface area contributed by atoms with E-state index in [2.05, 4.69) is 25.7 Å². The molecule has 0 aliphatic heterocycles. The molecule has 1 aliphatic rings. The molecule has 1 saturated carbocycles. The summed E-state index contributed by atoms with van der Waals surface area (Å²) in [6.07, 6.45) is 3.16. The lowest BCUT2D eigenvalue weighted by Gasteiger charge is -2.22. The molecule has 0 heterocycles. The van der Waals surface area contributed by atoms with Crippen molar-refractivity contribution in [1.29, 1.82) is 0 Å². The summed E-state index contributed by atoms with van der Waals surface area (Å²) in [7, 11) is 0. The van der Waals surface area contributed by atoms with Crippen molar-refractivity contribution in [2.24, 2.45) is 11.8 Å². The number of hydrogen-bond acceptors (Lipinski definition) is 1. The van der Waals surface area contributed by atoms with Gasteiger partial charge in [-0.2, -0.15) is 0 Å². The first-order chi connectivity index (χ1) is 6.50. The van der Waals surface area contributed by atoms with Crippen LogP contribution in [0.5, 0.6) is 0 Å². The van der Waals surface area contributed by atoms with Gasteiger partial charge in [-0.15, -0.1) is 0 Å². The molecule has 1 N–H and O–H groups in total. The molecule has 1 amide bonds. The Bertz CT molecular complexity index is 228. The molecular formula is C12H21NO. The standard InChI is InChI=1S/C12H21NO/c1-8(2)12(9(3)4)13-11(14)7-10-5-6-10/h9-10,12H,1,5-7H2,2-4H3,(H,13,14)/t12-/m0/s1. The molecular weight excluding hydrogens is 174 g/mol. The van der Waals surface area contributed by atoms with Gasteiger partial charge in [0.1, 0.15) is 0 Å². The highest BCUT2D eigenvalue weighted by atomic mass is 16.1. The normalized spacial score (nSPS) is 18.0. The quantitative estimate of drug-likeness (QED) is 0.671. The molecule has 1 aliphatic carbocycles. The van der Waals surface area contributed by atoms with Crippen molar-refractivity contribution in [1.82, 2.24) is 5.32 Å². The van der Waals surface area contributed by atoms with Crippen LogP contribution in [0.1, 0.15) is 40.0 Å². The minimum absolute atomic E-state index is 0.140. The van der Waals surface area contributed by atoms with Gasteiger partial charge in [0.25, 0.3) is 0 Å². The lowest BCUT2D eigenvalue weighted by atomic mass is 9.98. The summed E-state index contributed by atoms with van der Waals surface area (Å²) >= 11 is 0. The van der Waals surface area contributed by atoms with Crippen molar-refractivity contribution in [2.75, 3.05) is 0 Å². The van der Waals surface area contributed by atoms with Gasteiger partial charge in [0.2, 0.25) is 5.91 Å². The van der Waals surface area contributed by atoms with Gasteiger partial charge in [-0.25, -0.2) is 0 Å². The third-order valence-corrected chi connectivity index (χ3v) is 2.69. The molecule has 0 radical (unpaired) electrons. The van der Waals surface area contributed by atoms with E-state index >= 15 is 0 Å². The van der Waals surface area contributed by atoms with E-state index in [-0.39, 0.29) is 11.9 Å². The second kappa shape index (κ2) is 4.63. The van der Waals surface area contributed by atoms with Crippen LogP contribution in [0.4, 0.5) is 0 Å². The number of carbonyl (C=O) groups is 1. The Balaban J connectivity index is 2.37. The maximum atomic E-state index is 11.6. The van der Waals surface area contributed by atoms with Crippen LogP contribution in [0.15, 0.2) is 12.2 Å². The fourth-order valence-electron chi connectivity index (χ4n) is 1.68. The van der Waals surface area contributed by atoms with Crippen LogP contribution in [0.2, 0.25) is 0 Å². The van der Waals surface area contributed by atoms with E-state index in [1.165, 1.54) is 12.8 Å². The maximum absolute atomic E-state index is 11.6. The van der Waals surface area contributed by atoms with E-state index in [4.69, 9.17) is 0 Å². The van der Waals surface area contributed by atoms with Gasteiger partial charge in [-0.05, 0) is 31.6 Å². The van der Waals surface area contributed by atoms with Crippen LogP contribution in [0.25, 0.3) is 0 Å². The molecule has 0 aromatic rings. The SMILES string of the molecule is C=C(C)[C@H](NC(=O)CC1CC1)C(C)C. The van der Waals surface area contributed by atoms with Gasteiger partial charge in [0, 0.05) is 6.42 Å². The predicted molar refractivity (Wildman–Crippen MR) is 58.9 cm³/mol. The van der Waals surface area contributed by atoms with Crippen molar-refractivity contribution >= 4 is 5.91 Å². The van der Waals surface area contributed by atoms with E-state index < -0.39 is 0 Å². The summed E-state index contributed by atoms with van der Waals surface area (Å²) in [5.41, 5.74) is 1.05. The average Bonchev–Trinajstić information content (AvgIpc) is 2.82. The zero-order chi connectivity index (χ0) is 10.7. The first-order valence-corrected chi connectivity index (χ1v) is 5.45. The zero-order valence-corrected chi connectivity index (χ0v) is 9.47. The van der Waals surface area contributed by atoms with E-state index in [0.717, 1.165) is 5.57 Å². The summed E-state index contributed by atoms with van der Waals surface area (Å²) < 4.78 is 0. The van der Waals surface area contributed by atoms with Gasteiger partial charge in [-0.1, -0.05) is 26.0 Å². The molecule has 0 bridgehead atoms. The predicted octanol–water partition coefficient (Wildman–Crippen LogP) is 2.50. The molecule has 1 rings (SSSR count). The number of amides is 1. The van der Waals surface area contributed by atoms with Gasteiger partial charge < -0.3 is 5.32 Å². The first-order valence-electron chi connectivity index (χ1n) is 5.45. The van der Waals surface area contributed by atoms with E-state index in [1.807, 2.05) is 6.92 Å². The lowest BCUT2D eigenvalue weighted by molar-refractivity contribution is -0.122. The van der Waals surface area contributed by atoms with Crippen LogP contribution in [-0.2, 0) is 4.79 Å². The average molecular weight is 195 g/mol. The smallest absolute Gasteiger partial charge is 0.220 e. The van der Waals surface area contributed by atoms with E-state index in [0.29, 0.717) is 18.3 Å². The van der Waals surface area contributed by atoms with Gasteiger partial charge in [0.05, 0.1) is 6.04 Å². The Labute approximate surface area is 86.8 Å². The summed E-state index contributed by atoms with van der Waals surface area (Å²) in [5.74, 6) is 1.28. The Hall–Kier alpha value is -0.790. The molecule has 80 valence electrons. The Kier molecular flexibility index (Phi) is 3.73. The Morgan fingerprint density at radius 2 is 2.07 bits per heavy atom. The second-order valence-corrected chi connectivity index (χ2v) is 4.78. The highest BCUT2D eigenvalue weighted by molar-refractivity contribution is 5.77. The number of rotatable bonds is 5. The zero-order valence-electron chi connectivity index (χ0n) is 9.47. The van der Waals surface area contributed by atoms with Gasteiger partial charge in [0.15, 0.2) is 0 Å². The van der Waals surface area contributed by atoms with E-state index in [9.17, 15) is 4.79 Å². The minimum atomic E-state index is 0.140. The number of carbonyl (C=O) groups excluding carboxylic acids is 1. The minimum Gasteiger partial charge on any atom is -0.349 e. The summed E-state index contributed by atoms with van der Waals surface area (Å²) in [6.45, 7) is 10.1. The molecule has 2 heteroatoms. The Morgan fingerprint density at radius 3 is 2.43 bits per heavy atom. The first kappa shape index (κ1) is 11.3. The second-order valence-electron chi connectivity index (χ2n) is 4.78. The highest BCUT2D eigenvalue weighted by Gasteiger charge is 2.26. The molecule has 1 atom stereocenters. The van der Waals surface area contributed by atoms with Crippen LogP contribution < -0.4 is 5.32 Å². The molecule has 1 fully saturated rings. The highest BCUT2D eigenvalue weighted by Crippen LogP contribution is 2.32.